The third-order valence-electron chi connectivity index (χ3n) is 1.52. The van der Waals surface area contributed by atoms with E-state index in [0.29, 0.717) is 0 Å². The van der Waals surface area contributed by atoms with Crippen LogP contribution in [0, 0.1) is 0 Å². The van der Waals surface area contributed by atoms with Gasteiger partial charge in [0.15, 0.2) is 11.5 Å². The van der Waals surface area contributed by atoms with Gasteiger partial charge in [0.2, 0.25) is 0 Å². The number of benzene rings is 1. The topological polar surface area (TPSA) is 111 Å². The van der Waals surface area contributed by atoms with Gasteiger partial charge in [-0.1, -0.05) is 0 Å². The number of aromatic hydroxyl groups is 2. The van der Waals surface area contributed by atoms with Gasteiger partial charge in [-0.25, -0.2) is 10.5 Å². The molecule has 1 aromatic rings. The summed E-state index contributed by atoms with van der Waals surface area (Å²) >= 11 is 0. The average molecular weight is 235 g/mol. The predicted molar refractivity (Wildman–Crippen MR) is 50.3 cm³/mol. The third kappa shape index (κ3) is 2.84. The summed E-state index contributed by atoms with van der Waals surface area (Å²) in [6.07, 6.45) is 0. The van der Waals surface area contributed by atoms with Crippen LogP contribution in [0.25, 0.3) is 0 Å². The van der Waals surface area contributed by atoms with Crippen LogP contribution in [0.5, 0.6) is 17.2 Å². The van der Waals surface area contributed by atoms with Crippen LogP contribution in [-0.2, 0) is 13.7 Å². The number of hydrogen-bond acceptors (Lipinski definition) is 7. The molecule has 0 aliphatic heterocycles. The van der Waals surface area contributed by atoms with E-state index < -0.39 is 13.6 Å². The second kappa shape index (κ2) is 4.50. The Morgan fingerprint density at radius 2 is 2.00 bits per heavy atom. The van der Waals surface area contributed by atoms with Gasteiger partial charge in [-0.2, -0.15) is 4.62 Å². The second-order valence-electron chi connectivity index (χ2n) is 2.48. The largest absolute Gasteiger partial charge is 0.546 e. The molecule has 1 unspecified atom stereocenters. The van der Waals surface area contributed by atoms with Crippen molar-refractivity contribution in [2.45, 2.75) is 0 Å². The molecule has 0 heterocycles. The van der Waals surface area contributed by atoms with Crippen LogP contribution in [0.15, 0.2) is 18.2 Å². The summed E-state index contributed by atoms with van der Waals surface area (Å²) in [4.78, 5) is 0. The van der Waals surface area contributed by atoms with E-state index in [1.807, 2.05) is 0 Å². The van der Waals surface area contributed by atoms with Crippen LogP contribution in [0.4, 0.5) is 0 Å². The Balaban J connectivity index is 2.90. The molecule has 7 nitrogen and oxygen atoms in total. The molecule has 0 radical (unpaired) electrons. The molecule has 0 saturated heterocycles. The fourth-order valence-corrected chi connectivity index (χ4v) is 1.37. The standard InChI is InChI=1S/C7H10NO6P/c1-12-15(11,14-8)13-5-2-3-6(9)7(10)4-5/h2-4,9-10H,8H2,1H3. The first kappa shape index (κ1) is 11.8. The Labute approximate surface area is 85.6 Å². The zero-order valence-corrected chi connectivity index (χ0v) is 8.68. The first-order valence-corrected chi connectivity index (χ1v) is 5.22. The molecule has 1 rings (SSSR count). The van der Waals surface area contributed by atoms with E-state index in [-0.39, 0.29) is 11.5 Å². The zero-order valence-electron chi connectivity index (χ0n) is 7.78. The molecule has 0 aliphatic rings. The first-order chi connectivity index (χ1) is 7.00. The van der Waals surface area contributed by atoms with E-state index in [9.17, 15) is 4.57 Å². The summed E-state index contributed by atoms with van der Waals surface area (Å²) in [5.41, 5.74) is 0. The number of phenolic OH excluding ortho intramolecular Hbond substituents is 2. The molecule has 1 atom stereocenters. The van der Waals surface area contributed by atoms with Gasteiger partial charge >= 0.3 is 7.82 Å². The van der Waals surface area contributed by atoms with Gasteiger partial charge in [0.1, 0.15) is 5.75 Å². The molecule has 84 valence electrons. The summed E-state index contributed by atoms with van der Waals surface area (Å²) in [6, 6.07) is 3.46. The minimum Gasteiger partial charge on any atom is -0.504 e. The normalized spacial score (nSPS) is 14.5. The summed E-state index contributed by atoms with van der Waals surface area (Å²) in [7, 11) is -2.76. The maximum absolute atomic E-state index is 11.4. The van der Waals surface area contributed by atoms with Gasteiger partial charge < -0.3 is 14.7 Å². The molecule has 0 bridgehead atoms. The number of phosphoric acid groups is 1. The maximum atomic E-state index is 11.4. The lowest BCUT2D eigenvalue weighted by Crippen LogP contribution is -2.04. The molecule has 0 aromatic heterocycles. The molecule has 4 N–H and O–H groups in total. The highest BCUT2D eigenvalue weighted by atomic mass is 31.2. The Morgan fingerprint density at radius 3 is 2.47 bits per heavy atom. The summed E-state index contributed by atoms with van der Waals surface area (Å²) in [5.74, 6) is 3.94. The minimum atomic E-state index is -3.85. The first-order valence-electron chi connectivity index (χ1n) is 3.76. The van der Waals surface area contributed by atoms with Gasteiger partial charge in [-0.05, 0) is 12.1 Å². The van der Waals surface area contributed by atoms with Crippen LogP contribution in [-0.4, -0.2) is 17.3 Å². The Morgan fingerprint density at radius 1 is 1.33 bits per heavy atom. The van der Waals surface area contributed by atoms with Gasteiger partial charge in [0.25, 0.3) is 0 Å². The van der Waals surface area contributed by atoms with Crippen LogP contribution in [0.1, 0.15) is 0 Å². The quantitative estimate of drug-likeness (QED) is 0.407. The molecule has 0 saturated carbocycles. The smallest absolute Gasteiger partial charge is 0.504 e. The summed E-state index contributed by atoms with van der Waals surface area (Å²) in [6.45, 7) is 0. The lowest BCUT2D eigenvalue weighted by molar-refractivity contribution is 0.182. The fourth-order valence-electron chi connectivity index (χ4n) is 0.791. The molecule has 0 spiro atoms. The number of phenols is 2. The van der Waals surface area contributed by atoms with Crippen molar-refractivity contribution in [2.24, 2.45) is 5.90 Å². The molecule has 0 aliphatic carbocycles. The molecular weight excluding hydrogens is 225 g/mol. The Kier molecular flexibility index (Phi) is 3.54. The third-order valence-corrected chi connectivity index (χ3v) is 2.66. The van der Waals surface area contributed by atoms with Crippen molar-refractivity contribution in [3.8, 4) is 17.2 Å². The maximum Gasteiger partial charge on any atom is 0.546 e. The van der Waals surface area contributed by atoms with Gasteiger partial charge in [-0.15, -0.1) is 0 Å². The van der Waals surface area contributed by atoms with Gasteiger partial charge in [0.05, 0.1) is 0 Å². The number of nitrogens with two attached hydrogens (primary N) is 1. The fraction of sp³-hybridized carbons (Fsp3) is 0.143. The van der Waals surface area contributed by atoms with Crippen molar-refractivity contribution in [1.29, 1.82) is 0 Å². The molecular formula is C7H10NO6P. The van der Waals surface area contributed by atoms with Crippen molar-refractivity contribution in [3.05, 3.63) is 18.2 Å². The highest BCUT2D eigenvalue weighted by Gasteiger charge is 2.26. The van der Waals surface area contributed by atoms with Crippen molar-refractivity contribution >= 4 is 7.82 Å². The number of rotatable bonds is 4. The Hall–Kier alpha value is -1.27. The van der Waals surface area contributed by atoms with Crippen LogP contribution >= 0.6 is 7.82 Å². The highest BCUT2D eigenvalue weighted by Crippen LogP contribution is 2.47. The van der Waals surface area contributed by atoms with Crippen molar-refractivity contribution in [3.63, 3.8) is 0 Å². The van der Waals surface area contributed by atoms with Gasteiger partial charge in [-0.3, -0.25) is 4.52 Å². The summed E-state index contributed by atoms with van der Waals surface area (Å²) in [5, 5.41) is 18.1. The van der Waals surface area contributed by atoms with Crippen LogP contribution in [0.2, 0.25) is 0 Å². The molecule has 1 aromatic carbocycles. The zero-order chi connectivity index (χ0) is 11.5. The van der Waals surface area contributed by atoms with E-state index in [1.165, 1.54) is 6.07 Å². The SMILES string of the molecule is COP(=O)(ON)Oc1ccc(O)c(O)c1. The second-order valence-corrected chi connectivity index (χ2v) is 4.13. The van der Waals surface area contributed by atoms with E-state index in [4.69, 9.17) is 20.6 Å². The number of hydrogen-bond donors (Lipinski definition) is 3. The molecule has 15 heavy (non-hydrogen) atoms. The van der Waals surface area contributed by atoms with E-state index >= 15 is 0 Å². The average Bonchev–Trinajstić information content (AvgIpc) is 2.23. The van der Waals surface area contributed by atoms with Crippen molar-refractivity contribution in [1.82, 2.24) is 0 Å². The minimum absolute atomic E-state index is 0.0130. The lowest BCUT2D eigenvalue weighted by atomic mass is 10.3. The van der Waals surface area contributed by atoms with Crippen LogP contribution < -0.4 is 10.4 Å². The molecule has 0 amide bonds. The van der Waals surface area contributed by atoms with E-state index in [1.54, 1.807) is 0 Å². The van der Waals surface area contributed by atoms with Crippen molar-refractivity contribution in [2.75, 3.05) is 7.11 Å². The molecule has 0 fully saturated rings. The highest BCUT2D eigenvalue weighted by molar-refractivity contribution is 7.48. The summed E-state index contributed by atoms with van der Waals surface area (Å²) < 4.78 is 24.6. The van der Waals surface area contributed by atoms with Crippen LogP contribution in [0.3, 0.4) is 0 Å². The lowest BCUT2D eigenvalue weighted by Gasteiger charge is -2.13. The van der Waals surface area contributed by atoms with Crippen molar-refractivity contribution < 1.29 is 28.5 Å². The predicted octanol–water partition coefficient (Wildman–Crippen LogP) is 1.12. The monoisotopic (exact) mass is 235 g/mol. The van der Waals surface area contributed by atoms with E-state index in [0.717, 1.165) is 19.2 Å². The molecule has 8 heteroatoms. The number of phosphoric ester groups is 1. The van der Waals surface area contributed by atoms with E-state index in [2.05, 4.69) is 9.15 Å². The van der Waals surface area contributed by atoms with Gasteiger partial charge in [0, 0.05) is 13.2 Å². The Bertz CT molecular complexity index is 387.